The van der Waals surface area contributed by atoms with E-state index in [2.05, 4.69) is 10.3 Å². The number of aliphatic imine (C=N–C) groups is 1. The average Bonchev–Trinajstić information content (AvgIpc) is 1.85. The normalized spacial score (nSPS) is 14.6. The second-order valence-electron chi connectivity index (χ2n) is 2.29. The molecule has 0 saturated carbocycles. The van der Waals surface area contributed by atoms with E-state index >= 15 is 0 Å². The molecule has 0 rings (SSSR count). The second-order valence-corrected chi connectivity index (χ2v) is 2.29. The molecule has 10 heavy (non-hydrogen) atoms. The number of amides is 1. The van der Waals surface area contributed by atoms with Crippen molar-refractivity contribution in [1.29, 1.82) is 0 Å². The van der Waals surface area contributed by atoms with Gasteiger partial charge in [-0.05, 0) is 13.8 Å². The lowest BCUT2D eigenvalue weighted by Gasteiger charge is -2.10. The summed E-state index contributed by atoms with van der Waals surface area (Å²) in [5.74, 6) is -0.0181. The smallest absolute Gasteiger partial charge is 0.217 e. The van der Waals surface area contributed by atoms with Gasteiger partial charge in [0.2, 0.25) is 5.91 Å². The van der Waals surface area contributed by atoms with Crippen LogP contribution < -0.4 is 5.32 Å². The predicted octanol–water partition coefficient (Wildman–Crippen LogP) is 0.602. The molecule has 0 saturated heterocycles. The van der Waals surface area contributed by atoms with E-state index in [1.54, 1.807) is 7.05 Å². The fraction of sp³-hybridized carbons (Fsp3) is 0.714. The van der Waals surface area contributed by atoms with Crippen molar-refractivity contribution in [2.75, 3.05) is 7.05 Å². The molecule has 1 unspecified atom stereocenters. The van der Waals surface area contributed by atoms with Crippen LogP contribution in [0.4, 0.5) is 0 Å². The monoisotopic (exact) mass is 142 g/mol. The van der Waals surface area contributed by atoms with Gasteiger partial charge < -0.3 is 5.32 Å². The van der Waals surface area contributed by atoms with Crippen LogP contribution in [0.1, 0.15) is 20.8 Å². The highest BCUT2D eigenvalue weighted by molar-refractivity contribution is 5.90. The molecule has 3 heteroatoms. The van der Waals surface area contributed by atoms with Crippen molar-refractivity contribution < 1.29 is 4.79 Å². The summed E-state index contributed by atoms with van der Waals surface area (Å²) in [6.45, 7) is 5.30. The third-order valence-corrected chi connectivity index (χ3v) is 1.40. The molecular weight excluding hydrogens is 128 g/mol. The summed E-state index contributed by atoms with van der Waals surface area (Å²) in [5.41, 5.74) is 0.940. The van der Waals surface area contributed by atoms with Crippen LogP contribution in [0.15, 0.2) is 4.99 Å². The van der Waals surface area contributed by atoms with Gasteiger partial charge >= 0.3 is 0 Å². The Morgan fingerprint density at radius 2 is 2.00 bits per heavy atom. The number of carbonyl (C=O) groups excluding carboxylic acids is 1. The lowest BCUT2D eigenvalue weighted by atomic mass is 10.2. The average molecular weight is 142 g/mol. The summed E-state index contributed by atoms with van der Waals surface area (Å²) in [6.07, 6.45) is 0. The SMILES string of the molecule is CN=C(C)C(C)NC(C)=O. The Bertz CT molecular complexity index is 152. The molecule has 0 spiro atoms. The Kier molecular flexibility index (Phi) is 3.69. The summed E-state index contributed by atoms with van der Waals surface area (Å²) in [7, 11) is 1.72. The lowest BCUT2D eigenvalue weighted by Crippen LogP contribution is -2.35. The van der Waals surface area contributed by atoms with Gasteiger partial charge in [-0.15, -0.1) is 0 Å². The number of nitrogens with zero attached hydrogens (tertiary/aromatic N) is 1. The van der Waals surface area contributed by atoms with Crippen LogP contribution in [0.3, 0.4) is 0 Å². The summed E-state index contributed by atoms with van der Waals surface area (Å²) in [6, 6.07) is 0.0579. The van der Waals surface area contributed by atoms with Gasteiger partial charge in [-0.3, -0.25) is 9.79 Å². The molecule has 1 N–H and O–H groups in total. The van der Waals surface area contributed by atoms with E-state index in [9.17, 15) is 4.79 Å². The van der Waals surface area contributed by atoms with E-state index < -0.39 is 0 Å². The molecular formula is C7H14N2O. The molecule has 58 valence electrons. The van der Waals surface area contributed by atoms with Crippen LogP contribution in [0, 0.1) is 0 Å². The zero-order chi connectivity index (χ0) is 8.15. The highest BCUT2D eigenvalue weighted by Gasteiger charge is 2.04. The maximum Gasteiger partial charge on any atom is 0.217 e. The molecule has 0 aliphatic carbocycles. The quantitative estimate of drug-likeness (QED) is 0.564. The van der Waals surface area contributed by atoms with E-state index in [1.165, 1.54) is 6.92 Å². The molecule has 0 radical (unpaired) electrons. The zero-order valence-corrected chi connectivity index (χ0v) is 6.93. The first kappa shape index (κ1) is 9.14. The van der Waals surface area contributed by atoms with Crippen LogP contribution >= 0.6 is 0 Å². The van der Waals surface area contributed by atoms with E-state index in [0.717, 1.165) is 5.71 Å². The topological polar surface area (TPSA) is 41.5 Å². The van der Waals surface area contributed by atoms with Gasteiger partial charge in [-0.2, -0.15) is 0 Å². The molecule has 0 heterocycles. The van der Waals surface area contributed by atoms with E-state index in [0.29, 0.717) is 0 Å². The Labute approximate surface area is 61.5 Å². The van der Waals surface area contributed by atoms with Crippen LogP contribution in [-0.2, 0) is 4.79 Å². The first-order chi connectivity index (χ1) is 4.57. The van der Waals surface area contributed by atoms with Gasteiger partial charge in [-0.25, -0.2) is 0 Å². The van der Waals surface area contributed by atoms with E-state index in [-0.39, 0.29) is 11.9 Å². The zero-order valence-electron chi connectivity index (χ0n) is 6.93. The lowest BCUT2D eigenvalue weighted by molar-refractivity contribution is -0.119. The minimum Gasteiger partial charge on any atom is -0.349 e. The van der Waals surface area contributed by atoms with Crippen molar-refractivity contribution in [3.8, 4) is 0 Å². The number of carbonyl (C=O) groups is 1. The number of rotatable bonds is 2. The van der Waals surface area contributed by atoms with Crippen LogP contribution in [0.25, 0.3) is 0 Å². The van der Waals surface area contributed by atoms with E-state index in [4.69, 9.17) is 0 Å². The minimum atomic E-state index is -0.0181. The molecule has 0 fully saturated rings. The van der Waals surface area contributed by atoms with Crippen molar-refractivity contribution in [2.45, 2.75) is 26.8 Å². The molecule has 1 amide bonds. The van der Waals surface area contributed by atoms with Gasteiger partial charge in [-0.1, -0.05) is 0 Å². The molecule has 0 aromatic carbocycles. The third-order valence-electron chi connectivity index (χ3n) is 1.40. The molecule has 0 aliphatic heterocycles. The van der Waals surface area contributed by atoms with Crippen molar-refractivity contribution in [3.63, 3.8) is 0 Å². The molecule has 0 bridgehead atoms. The van der Waals surface area contributed by atoms with Crippen LogP contribution in [0.2, 0.25) is 0 Å². The number of hydrogen-bond acceptors (Lipinski definition) is 2. The van der Waals surface area contributed by atoms with Crippen molar-refractivity contribution in [2.24, 2.45) is 4.99 Å². The fourth-order valence-corrected chi connectivity index (χ4v) is 0.603. The predicted molar refractivity (Wildman–Crippen MR) is 42.3 cm³/mol. The molecule has 1 atom stereocenters. The largest absolute Gasteiger partial charge is 0.349 e. The third kappa shape index (κ3) is 3.22. The summed E-state index contributed by atoms with van der Waals surface area (Å²) in [4.78, 5) is 14.5. The van der Waals surface area contributed by atoms with Gasteiger partial charge in [0.05, 0.1) is 6.04 Å². The summed E-state index contributed by atoms with van der Waals surface area (Å²) < 4.78 is 0. The highest BCUT2D eigenvalue weighted by atomic mass is 16.1. The Morgan fingerprint density at radius 1 is 1.50 bits per heavy atom. The number of hydrogen-bond donors (Lipinski definition) is 1. The highest BCUT2D eigenvalue weighted by Crippen LogP contribution is 1.85. The van der Waals surface area contributed by atoms with Gasteiger partial charge in [0.1, 0.15) is 0 Å². The van der Waals surface area contributed by atoms with Gasteiger partial charge in [0, 0.05) is 19.7 Å². The Balaban J connectivity index is 3.85. The Morgan fingerprint density at radius 3 is 2.30 bits per heavy atom. The van der Waals surface area contributed by atoms with Crippen LogP contribution in [-0.4, -0.2) is 24.7 Å². The van der Waals surface area contributed by atoms with Gasteiger partial charge in [0.25, 0.3) is 0 Å². The van der Waals surface area contributed by atoms with Crippen LogP contribution in [0.5, 0.6) is 0 Å². The van der Waals surface area contributed by atoms with Crippen molar-refractivity contribution >= 4 is 11.6 Å². The summed E-state index contributed by atoms with van der Waals surface area (Å²) >= 11 is 0. The van der Waals surface area contributed by atoms with Gasteiger partial charge in [0.15, 0.2) is 0 Å². The molecule has 3 nitrogen and oxygen atoms in total. The maximum absolute atomic E-state index is 10.5. The summed E-state index contributed by atoms with van der Waals surface area (Å²) in [5, 5.41) is 2.72. The Hall–Kier alpha value is -0.860. The fourth-order valence-electron chi connectivity index (χ4n) is 0.603. The van der Waals surface area contributed by atoms with E-state index in [1.807, 2.05) is 13.8 Å². The number of nitrogens with one attached hydrogen (secondary N) is 1. The van der Waals surface area contributed by atoms with Crippen molar-refractivity contribution in [1.82, 2.24) is 5.32 Å². The standard InChI is InChI=1S/C7H14N2O/c1-5(8-4)6(2)9-7(3)10/h6H,1-4H3,(H,9,10). The molecule has 0 aliphatic rings. The minimum absolute atomic E-state index is 0.0181. The molecule has 0 aromatic rings. The molecule has 0 aromatic heterocycles. The second kappa shape index (κ2) is 4.04. The first-order valence-electron chi connectivity index (χ1n) is 3.28. The maximum atomic E-state index is 10.5. The van der Waals surface area contributed by atoms with Crippen molar-refractivity contribution in [3.05, 3.63) is 0 Å². The first-order valence-corrected chi connectivity index (χ1v) is 3.28.